The molecule has 0 aliphatic rings. The molecule has 0 radical (unpaired) electrons. The van der Waals surface area contributed by atoms with Gasteiger partial charge in [-0.3, -0.25) is 0 Å². The second kappa shape index (κ2) is 6.87. The summed E-state index contributed by atoms with van der Waals surface area (Å²) < 4.78 is 9.77. The third-order valence-electron chi connectivity index (χ3n) is 3.34. The van der Waals surface area contributed by atoms with Gasteiger partial charge in [0.15, 0.2) is 17.5 Å². The van der Waals surface area contributed by atoms with Gasteiger partial charge in [-0.2, -0.15) is 0 Å². The lowest BCUT2D eigenvalue weighted by atomic mass is 10.2. The van der Waals surface area contributed by atoms with E-state index in [0.717, 1.165) is 0 Å². The Labute approximate surface area is 143 Å². The molecule has 0 saturated carbocycles. The molecule has 9 heteroatoms. The fourth-order valence-electron chi connectivity index (χ4n) is 2.15. The molecule has 2 heterocycles. The van der Waals surface area contributed by atoms with E-state index in [4.69, 9.17) is 15.0 Å². The smallest absolute Gasteiger partial charge is 0.339 e. The number of carbonyl (C=O) groups is 1. The fraction of sp³-hybridized carbons (Fsp3) is 0.125. The molecule has 0 fully saturated rings. The third-order valence-corrected chi connectivity index (χ3v) is 3.34. The standard InChI is InChI=1S/C16H16N6O3/c1-9-7-12(22-25-9)21-15-13(17)14(18-8-19-15)20-11-6-4-3-5-10(11)16(23)24-2/h3-8H,17H2,1-2H3,(H2,18,19,20,21,22). The molecule has 0 amide bonds. The van der Waals surface area contributed by atoms with Crippen molar-refractivity contribution >= 4 is 34.8 Å². The van der Waals surface area contributed by atoms with Crippen LogP contribution in [0.5, 0.6) is 0 Å². The molecule has 0 bridgehead atoms. The molecule has 2 aromatic heterocycles. The molecule has 9 nitrogen and oxygen atoms in total. The maximum Gasteiger partial charge on any atom is 0.339 e. The zero-order valence-electron chi connectivity index (χ0n) is 13.6. The summed E-state index contributed by atoms with van der Waals surface area (Å²) in [4.78, 5) is 20.1. The molecule has 0 saturated heterocycles. The van der Waals surface area contributed by atoms with E-state index in [9.17, 15) is 4.79 Å². The van der Waals surface area contributed by atoms with Crippen molar-refractivity contribution in [1.29, 1.82) is 0 Å². The summed E-state index contributed by atoms with van der Waals surface area (Å²) in [6, 6.07) is 8.59. The molecule has 3 rings (SSSR count). The minimum atomic E-state index is -0.466. The summed E-state index contributed by atoms with van der Waals surface area (Å²) in [6.45, 7) is 1.78. The Morgan fingerprint density at radius 1 is 1.20 bits per heavy atom. The minimum Gasteiger partial charge on any atom is -0.465 e. The molecule has 0 aliphatic carbocycles. The zero-order valence-corrected chi connectivity index (χ0v) is 13.6. The second-order valence-corrected chi connectivity index (χ2v) is 5.09. The van der Waals surface area contributed by atoms with Crippen molar-refractivity contribution in [1.82, 2.24) is 15.1 Å². The number of benzene rings is 1. The highest BCUT2D eigenvalue weighted by molar-refractivity contribution is 5.97. The topological polar surface area (TPSA) is 128 Å². The van der Waals surface area contributed by atoms with E-state index < -0.39 is 5.97 Å². The van der Waals surface area contributed by atoms with Crippen molar-refractivity contribution in [2.75, 3.05) is 23.5 Å². The van der Waals surface area contributed by atoms with Crippen LogP contribution in [0.15, 0.2) is 41.2 Å². The quantitative estimate of drug-likeness (QED) is 0.600. The van der Waals surface area contributed by atoms with E-state index in [-0.39, 0.29) is 5.69 Å². The van der Waals surface area contributed by atoms with E-state index >= 15 is 0 Å². The number of rotatable bonds is 5. The van der Waals surface area contributed by atoms with Gasteiger partial charge >= 0.3 is 5.97 Å². The number of nitrogens with one attached hydrogen (secondary N) is 2. The number of hydrogen-bond acceptors (Lipinski definition) is 9. The number of hydrogen-bond donors (Lipinski definition) is 3. The average Bonchev–Trinajstić information content (AvgIpc) is 3.03. The largest absolute Gasteiger partial charge is 0.465 e. The predicted octanol–water partition coefficient (Wildman–Crippen LogP) is 2.63. The highest BCUT2D eigenvalue weighted by Gasteiger charge is 2.15. The van der Waals surface area contributed by atoms with Crippen LogP contribution in [0.25, 0.3) is 0 Å². The number of nitrogens with two attached hydrogens (primary N) is 1. The minimum absolute atomic E-state index is 0.267. The Bertz CT molecular complexity index is 908. The molecule has 1 aromatic carbocycles. The van der Waals surface area contributed by atoms with Crippen molar-refractivity contribution in [2.24, 2.45) is 0 Å². The molecule has 25 heavy (non-hydrogen) atoms. The molecule has 0 unspecified atom stereocenters. The van der Waals surface area contributed by atoms with Gasteiger partial charge in [0.05, 0.1) is 18.4 Å². The van der Waals surface area contributed by atoms with Crippen LogP contribution in [0.4, 0.5) is 28.8 Å². The van der Waals surface area contributed by atoms with Crippen LogP contribution >= 0.6 is 0 Å². The first-order chi connectivity index (χ1) is 12.1. The third kappa shape index (κ3) is 3.50. The van der Waals surface area contributed by atoms with Crippen molar-refractivity contribution in [2.45, 2.75) is 6.92 Å². The lowest BCUT2D eigenvalue weighted by Gasteiger charge is -2.13. The van der Waals surface area contributed by atoms with E-state index in [1.807, 2.05) is 0 Å². The number of nitrogens with zero attached hydrogens (tertiary/aromatic N) is 3. The maximum atomic E-state index is 11.9. The van der Waals surface area contributed by atoms with E-state index in [2.05, 4.69) is 25.8 Å². The van der Waals surface area contributed by atoms with Gasteiger partial charge in [0, 0.05) is 6.07 Å². The number of ether oxygens (including phenoxy) is 1. The van der Waals surface area contributed by atoms with Crippen molar-refractivity contribution < 1.29 is 14.1 Å². The molecule has 0 aliphatic heterocycles. The van der Waals surface area contributed by atoms with E-state index in [1.165, 1.54) is 13.4 Å². The number of esters is 1. The fourth-order valence-corrected chi connectivity index (χ4v) is 2.15. The number of nitrogen functional groups attached to an aromatic ring is 1. The molecular formula is C16H16N6O3. The summed E-state index contributed by atoms with van der Waals surface area (Å²) in [5, 5.41) is 9.81. The normalized spacial score (nSPS) is 10.3. The van der Waals surface area contributed by atoms with Crippen LogP contribution in [0.1, 0.15) is 16.1 Å². The summed E-state index contributed by atoms with van der Waals surface area (Å²) in [7, 11) is 1.32. The first-order valence-corrected chi connectivity index (χ1v) is 7.33. The van der Waals surface area contributed by atoms with E-state index in [0.29, 0.717) is 34.5 Å². The maximum absolute atomic E-state index is 11.9. The molecule has 0 spiro atoms. The van der Waals surface area contributed by atoms with Gasteiger partial charge in [0.25, 0.3) is 0 Å². The van der Waals surface area contributed by atoms with Gasteiger partial charge in [-0.25, -0.2) is 14.8 Å². The average molecular weight is 340 g/mol. The van der Waals surface area contributed by atoms with Crippen LogP contribution in [0, 0.1) is 6.92 Å². The highest BCUT2D eigenvalue weighted by atomic mass is 16.5. The monoisotopic (exact) mass is 340 g/mol. The second-order valence-electron chi connectivity index (χ2n) is 5.09. The van der Waals surface area contributed by atoms with Gasteiger partial charge in [-0.15, -0.1) is 0 Å². The number of methoxy groups -OCH3 is 1. The number of para-hydroxylation sites is 1. The Morgan fingerprint density at radius 2 is 1.92 bits per heavy atom. The van der Waals surface area contributed by atoms with Crippen LogP contribution < -0.4 is 16.4 Å². The summed E-state index contributed by atoms with van der Waals surface area (Å²) in [6.07, 6.45) is 1.34. The highest BCUT2D eigenvalue weighted by Crippen LogP contribution is 2.29. The molecule has 4 N–H and O–H groups in total. The zero-order chi connectivity index (χ0) is 17.8. The van der Waals surface area contributed by atoms with Crippen LogP contribution in [0.3, 0.4) is 0 Å². The van der Waals surface area contributed by atoms with E-state index in [1.54, 1.807) is 37.3 Å². The van der Waals surface area contributed by atoms with Gasteiger partial charge in [-0.1, -0.05) is 17.3 Å². The lowest BCUT2D eigenvalue weighted by Crippen LogP contribution is -2.09. The summed E-state index contributed by atoms with van der Waals surface area (Å²) in [5.41, 5.74) is 7.27. The molecule has 128 valence electrons. The van der Waals surface area contributed by atoms with Gasteiger partial charge in [-0.05, 0) is 19.1 Å². The SMILES string of the molecule is COC(=O)c1ccccc1Nc1ncnc(Nc2cc(C)on2)c1N. The molecule has 3 aromatic rings. The first-order valence-electron chi connectivity index (χ1n) is 7.33. The van der Waals surface area contributed by atoms with Gasteiger partial charge < -0.3 is 25.6 Å². The van der Waals surface area contributed by atoms with Crippen molar-refractivity contribution in [3.8, 4) is 0 Å². The van der Waals surface area contributed by atoms with Crippen LogP contribution in [-0.2, 0) is 4.74 Å². The molecular weight excluding hydrogens is 324 g/mol. The number of aromatic nitrogens is 3. The van der Waals surface area contributed by atoms with Crippen LogP contribution in [0.2, 0.25) is 0 Å². The number of aryl methyl sites for hydroxylation is 1. The Kier molecular flexibility index (Phi) is 4.46. The van der Waals surface area contributed by atoms with Gasteiger partial charge in [0.2, 0.25) is 0 Å². The molecule has 0 atom stereocenters. The van der Waals surface area contributed by atoms with Crippen LogP contribution in [-0.4, -0.2) is 28.2 Å². The Morgan fingerprint density at radius 3 is 2.60 bits per heavy atom. The van der Waals surface area contributed by atoms with Crippen molar-refractivity contribution in [3.05, 3.63) is 48.0 Å². The summed E-state index contributed by atoms with van der Waals surface area (Å²) in [5.74, 6) is 1.37. The summed E-state index contributed by atoms with van der Waals surface area (Å²) >= 11 is 0. The lowest BCUT2D eigenvalue weighted by molar-refractivity contribution is 0.0602. The Hall–Kier alpha value is -3.62. The first kappa shape index (κ1) is 16.2. The predicted molar refractivity (Wildman–Crippen MR) is 92.0 cm³/mol. The Balaban J connectivity index is 1.89. The number of carbonyl (C=O) groups excluding carboxylic acids is 1. The van der Waals surface area contributed by atoms with Crippen molar-refractivity contribution in [3.63, 3.8) is 0 Å². The van der Waals surface area contributed by atoms with Gasteiger partial charge in [0.1, 0.15) is 17.8 Å². The number of anilines is 5.